The van der Waals surface area contributed by atoms with Crippen LogP contribution in [0.4, 0.5) is 11.4 Å². The van der Waals surface area contributed by atoms with Gasteiger partial charge in [0.15, 0.2) is 11.7 Å². The molecule has 2 heterocycles. The van der Waals surface area contributed by atoms with E-state index in [9.17, 15) is 14.4 Å². The molecule has 1 atom stereocenters. The van der Waals surface area contributed by atoms with Crippen LogP contribution in [0, 0.1) is 6.92 Å². The lowest BCUT2D eigenvalue weighted by Gasteiger charge is -2.26. The molecule has 0 unspecified atom stereocenters. The number of amides is 2. The molecule has 1 N–H and O–H groups in total. The molecule has 2 aliphatic heterocycles. The number of hydrogen-bond donors (Lipinski definition) is 1. The number of nitrogens with one attached hydrogen (secondary N) is 1. The van der Waals surface area contributed by atoms with Crippen molar-refractivity contribution in [3.63, 3.8) is 0 Å². The van der Waals surface area contributed by atoms with Crippen LogP contribution >= 0.6 is 11.6 Å². The van der Waals surface area contributed by atoms with Gasteiger partial charge in [-0.25, -0.2) is 9.69 Å². The van der Waals surface area contributed by atoms with Crippen molar-refractivity contribution >= 4 is 40.8 Å². The van der Waals surface area contributed by atoms with Gasteiger partial charge in [-0.05, 0) is 50.2 Å². The number of nitrogens with zero attached hydrogens (tertiary/aromatic N) is 2. The third kappa shape index (κ3) is 3.13. The van der Waals surface area contributed by atoms with Crippen molar-refractivity contribution in [2.24, 2.45) is 0 Å². The van der Waals surface area contributed by atoms with Gasteiger partial charge in [0, 0.05) is 5.02 Å². The second kappa shape index (κ2) is 7.25. The molecule has 0 bridgehead atoms. The standard InChI is InChI=1S/C21H18ClN3O4/c1-3-29-21(28)17-16-18(25(23-17)15-10-6-13(22)7-11-15)20(27)24(19(16)26)14-8-4-12(2)5-9-14/h4-11,18,23H,3H2,1-2H3/t18-/m1/s1. The van der Waals surface area contributed by atoms with Gasteiger partial charge in [0.05, 0.1) is 23.6 Å². The number of halogens is 1. The van der Waals surface area contributed by atoms with Gasteiger partial charge in [-0.15, -0.1) is 0 Å². The van der Waals surface area contributed by atoms with Crippen molar-refractivity contribution in [2.45, 2.75) is 19.9 Å². The Hall–Kier alpha value is -3.32. The molecule has 0 aliphatic carbocycles. The molecule has 8 heteroatoms. The summed E-state index contributed by atoms with van der Waals surface area (Å²) in [4.78, 5) is 40.0. The van der Waals surface area contributed by atoms with Crippen LogP contribution in [0.2, 0.25) is 5.02 Å². The average Bonchev–Trinajstić information content (AvgIpc) is 3.21. The summed E-state index contributed by atoms with van der Waals surface area (Å²) in [6, 6.07) is 12.8. The number of ether oxygens (including phenoxy) is 1. The van der Waals surface area contributed by atoms with E-state index in [1.165, 1.54) is 5.01 Å². The number of benzene rings is 2. The first-order chi connectivity index (χ1) is 13.9. The molecule has 1 fully saturated rings. The smallest absolute Gasteiger partial charge is 0.356 e. The highest BCUT2D eigenvalue weighted by Crippen LogP contribution is 2.37. The Morgan fingerprint density at radius 1 is 1.07 bits per heavy atom. The summed E-state index contributed by atoms with van der Waals surface area (Å²) < 4.78 is 5.09. The monoisotopic (exact) mass is 411 g/mol. The molecule has 2 amide bonds. The van der Waals surface area contributed by atoms with Crippen molar-refractivity contribution < 1.29 is 19.1 Å². The van der Waals surface area contributed by atoms with Crippen molar-refractivity contribution in [2.75, 3.05) is 16.5 Å². The summed E-state index contributed by atoms with van der Waals surface area (Å²) in [6.07, 6.45) is 0. The Balaban J connectivity index is 1.80. The quantitative estimate of drug-likeness (QED) is 0.615. The third-order valence-corrected chi connectivity index (χ3v) is 5.05. The van der Waals surface area contributed by atoms with Gasteiger partial charge in [-0.3, -0.25) is 20.0 Å². The Morgan fingerprint density at radius 3 is 2.31 bits per heavy atom. The minimum absolute atomic E-state index is 0.0280. The van der Waals surface area contributed by atoms with Crippen LogP contribution < -0.4 is 15.3 Å². The summed E-state index contributed by atoms with van der Waals surface area (Å²) in [5.74, 6) is -1.68. The topological polar surface area (TPSA) is 79.0 Å². The lowest BCUT2D eigenvalue weighted by atomic mass is 10.1. The predicted molar refractivity (Wildman–Crippen MR) is 108 cm³/mol. The van der Waals surface area contributed by atoms with E-state index in [0.717, 1.165) is 10.5 Å². The van der Waals surface area contributed by atoms with Gasteiger partial charge in [0.2, 0.25) is 0 Å². The second-order valence-electron chi connectivity index (χ2n) is 6.68. The molecular weight excluding hydrogens is 394 g/mol. The van der Waals surface area contributed by atoms with Gasteiger partial charge < -0.3 is 4.74 Å². The number of hydrogen-bond acceptors (Lipinski definition) is 6. The first-order valence-corrected chi connectivity index (χ1v) is 9.48. The number of aryl methyl sites for hydroxylation is 1. The fourth-order valence-electron chi connectivity index (χ4n) is 3.42. The van der Waals surface area contributed by atoms with Crippen LogP contribution in [0.1, 0.15) is 12.5 Å². The zero-order valence-corrected chi connectivity index (χ0v) is 16.6. The summed E-state index contributed by atoms with van der Waals surface area (Å²) in [5, 5.41) is 2.02. The van der Waals surface area contributed by atoms with Crippen LogP contribution in [0.3, 0.4) is 0 Å². The number of fused-ring (bicyclic) bond motifs is 1. The molecule has 7 nitrogen and oxygen atoms in total. The first kappa shape index (κ1) is 19.0. The van der Waals surface area contributed by atoms with Gasteiger partial charge >= 0.3 is 5.97 Å². The minimum Gasteiger partial charge on any atom is -0.461 e. The van der Waals surface area contributed by atoms with E-state index in [0.29, 0.717) is 16.4 Å². The third-order valence-electron chi connectivity index (χ3n) is 4.80. The molecule has 1 saturated heterocycles. The zero-order chi connectivity index (χ0) is 20.7. The average molecular weight is 412 g/mol. The number of carbonyl (C=O) groups is 3. The van der Waals surface area contributed by atoms with Crippen LogP contribution in [0.5, 0.6) is 0 Å². The number of imide groups is 1. The normalized spacial score (nSPS) is 18.2. The summed E-state index contributed by atoms with van der Waals surface area (Å²) in [7, 11) is 0. The molecule has 2 aromatic rings. The van der Waals surface area contributed by atoms with Crippen molar-refractivity contribution in [3.05, 3.63) is 70.4 Å². The van der Waals surface area contributed by atoms with Crippen molar-refractivity contribution in [3.8, 4) is 0 Å². The SMILES string of the molecule is CCOC(=O)C1=C2C(=O)N(c3ccc(C)cc3)C(=O)[C@@H]2N(c2ccc(Cl)cc2)N1. The van der Waals surface area contributed by atoms with E-state index in [2.05, 4.69) is 5.43 Å². The van der Waals surface area contributed by atoms with Crippen LogP contribution in [-0.4, -0.2) is 30.4 Å². The number of anilines is 2. The summed E-state index contributed by atoms with van der Waals surface area (Å²) in [5.41, 5.74) is 4.97. The Bertz CT molecular complexity index is 1030. The van der Waals surface area contributed by atoms with Gasteiger partial charge in [0.1, 0.15) is 0 Å². The lowest BCUT2D eigenvalue weighted by Crippen LogP contribution is -2.46. The van der Waals surface area contributed by atoms with Crippen molar-refractivity contribution in [1.82, 2.24) is 5.43 Å². The highest BCUT2D eigenvalue weighted by atomic mass is 35.5. The second-order valence-corrected chi connectivity index (χ2v) is 7.12. The minimum atomic E-state index is -0.982. The van der Waals surface area contributed by atoms with E-state index in [1.54, 1.807) is 43.3 Å². The molecule has 0 aromatic heterocycles. The lowest BCUT2D eigenvalue weighted by molar-refractivity contribution is -0.139. The van der Waals surface area contributed by atoms with E-state index in [-0.39, 0.29) is 17.9 Å². The predicted octanol–water partition coefficient (Wildman–Crippen LogP) is 2.73. The molecule has 2 aromatic carbocycles. The van der Waals surface area contributed by atoms with Crippen LogP contribution in [0.15, 0.2) is 59.8 Å². The van der Waals surface area contributed by atoms with Gasteiger partial charge in [-0.1, -0.05) is 29.3 Å². The van der Waals surface area contributed by atoms with Gasteiger partial charge in [-0.2, -0.15) is 0 Å². The highest BCUT2D eigenvalue weighted by molar-refractivity contribution is 6.34. The maximum atomic E-state index is 13.3. The highest BCUT2D eigenvalue weighted by Gasteiger charge is 2.54. The van der Waals surface area contributed by atoms with Crippen LogP contribution in [0.25, 0.3) is 0 Å². The zero-order valence-electron chi connectivity index (χ0n) is 15.8. The number of hydrazine groups is 1. The molecule has 148 valence electrons. The fourth-order valence-corrected chi connectivity index (χ4v) is 3.55. The maximum Gasteiger partial charge on any atom is 0.356 e. The summed E-state index contributed by atoms with van der Waals surface area (Å²) in [6.45, 7) is 3.74. The Labute approximate surface area is 172 Å². The first-order valence-electron chi connectivity index (χ1n) is 9.10. The van der Waals surface area contributed by atoms with E-state index < -0.39 is 23.8 Å². The van der Waals surface area contributed by atoms with E-state index in [1.807, 2.05) is 19.1 Å². The molecule has 4 rings (SSSR count). The van der Waals surface area contributed by atoms with Crippen LogP contribution in [-0.2, 0) is 19.1 Å². The number of carbonyl (C=O) groups excluding carboxylic acids is 3. The molecule has 29 heavy (non-hydrogen) atoms. The van der Waals surface area contributed by atoms with E-state index >= 15 is 0 Å². The molecule has 0 radical (unpaired) electrons. The molecule has 0 spiro atoms. The number of rotatable bonds is 4. The summed E-state index contributed by atoms with van der Waals surface area (Å²) >= 11 is 5.97. The van der Waals surface area contributed by atoms with E-state index in [4.69, 9.17) is 16.3 Å². The number of esters is 1. The van der Waals surface area contributed by atoms with Gasteiger partial charge in [0.25, 0.3) is 11.8 Å². The fraction of sp³-hybridized carbons (Fsp3) is 0.190. The largest absolute Gasteiger partial charge is 0.461 e. The van der Waals surface area contributed by atoms with Crippen molar-refractivity contribution in [1.29, 1.82) is 0 Å². The Kier molecular flexibility index (Phi) is 4.76. The maximum absolute atomic E-state index is 13.3. The Morgan fingerprint density at radius 2 is 1.69 bits per heavy atom. The molecule has 2 aliphatic rings. The molecule has 0 saturated carbocycles. The molecular formula is C21H18ClN3O4.